The molecule has 2 unspecified atom stereocenters. The average Bonchev–Trinajstić information content (AvgIpc) is 2.32. The third kappa shape index (κ3) is 4.64. The van der Waals surface area contributed by atoms with Gasteiger partial charge in [0.05, 0.1) is 19.8 Å². The van der Waals surface area contributed by atoms with E-state index in [9.17, 15) is 9.90 Å². The number of carbonyl (C=O) groups excluding carboxylic acids is 1. The number of hydrogen-bond acceptors (Lipinski definition) is 4. The molecule has 4 nitrogen and oxygen atoms in total. The lowest BCUT2D eigenvalue weighted by Crippen LogP contribution is -2.49. The van der Waals surface area contributed by atoms with Gasteiger partial charge in [0, 0.05) is 12.1 Å². The molecule has 0 spiro atoms. The molecule has 1 heterocycles. The van der Waals surface area contributed by atoms with Crippen LogP contribution < -0.4 is 0 Å². The molecule has 17 heavy (non-hydrogen) atoms. The Bertz CT molecular complexity index is 233. The van der Waals surface area contributed by atoms with Gasteiger partial charge in [-0.1, -0.05) is 19.8 Å². The second-order valence-corrected chi connectivity index (χ2v) is 4.86. The molecule has 0 aromatic carbocycles. The monoisotopic (exact) mass is 243 g/mol. The molecule has 2 atom stereocenters. The maximum atomic E-state index is 11.6. The summed E-state index contributed by atoms with van der Waals surface area (Å²) in [4.78, 5) is 13.7. The van der Waals surface area contributed by atoms with Crippen molar-refractivity contribution in [1.82, 2.24) is 4.90 Å². The third-order valence-corrected chi connectivity index (χ3v) is 3.48. The molecule has 0 saturated carbocycles. The molecule has 1 rings (SSSR count). The van der Waals surface area contributed by atoms with Crippen molar-refractivity contribution in [2.75, 3.05) is 19.8 Å². The van der Waals surface area contributed by atoms with Gasteiger partial charge in [-0.25, -0.2) is 0 Å². The van der Waals surface area contributed by atoms with E-state index in [1.165, 1.54) is 0 Å². The minimum atomic E-state index is -0.161. The number of ether oxygens (including phenoxy) is 1. The van der Waals surface area contributed by atoms with Crippen molar-refractivity contribution in [2.24, 2.45) is 0 Å². The third-order valence-electron chi connectivity index (χ3n) is 3.48. The quantitative estimate of drug-likeness (QED) is 0.568. The van der Waals surface area contributed by atoms with E-state index in [2.05, 4.69) is 18.7 Å². The maximum Gasteiger partial charge on any atom is 0.320 e. The number of unbranched alkanes of at least 4 members (excludes halogenated alkanes) is 1. The number of aliphatic hydroxyl groups excluding tert-OH is 1. The standard InChI is InChI=1S/C13H25NO3/c1-3-4-8-17-13(16)9-14-11(2)6-5-7-12(14)10-15/h11-12,15H,3-10H2,1-2H3. The van der Waals surface area contributed by atoms with Gasteiger partial charge in [-0.3, -0.25) is 9.69 Å². The summed E-state index contributed by atoms with van der Waals surface area (Å²) in [6.45, 7) is 5.15. The van der Waals surface area contributed by atoms with Gasteiger partial charge in [0.15, 0.2) is 0 Å². The number of rotatable bonds is 6. The highest BCUT2D eigenvalue weighted by Gasteiger charge is 2.29. The smallest absolute Gasteiger partial charge is 0.320 e. The van der Waals surface area contributed by atoms with Crippen molar-refractivity contribution in [3.8, 4) is 0 Å². The Hall–Kier alpha value is -0.610. The summed E-state index contributed by atoms with van der Waals surface area (Å²) in [5, 5.41) is 9.31. The summed E-state index contributed by atoms with van der Waals surface area (Å²) < 4.78 is 5.16. The van der Waals surface area contributed by atoms with Gasteiger partial charge in [0.1, 0.15) is 0 Å². The van der Waals surface area contributed by atoms with Gasteiger partial charge in [-0.05, 0) is 26.2 Å². The summed E-state index contributed by atoms with van der Waals surface area (Å²) >= 11 is 0. The first-order valence-electron chi connectivity index (χ1n) is 6.71. The molecule has 1 N–H and O–H groups in total. The number of likely N-dealkylation sites (tertiary alicyclic amines) is 1. The van der Waals surface area contributed by atoms with Crippen LogP contribution in [0.2, 0.25) is 0 Å². The molecule has 0 aliphatic carbocycles. The van der Waals surface area contributed by atoms with Crippen LogP contribution >= 0.6 is 0 Å². The van der Waals surface area contributed by atoms with E-state index in [4.69, 9.17) is 4.74 Å². The van der Waals surface area contributed by atoms with E-state index in [-0.39, 0.29) is 18.6 Å². The van der Waals surface area contributed by atoms with E-state index in [0.29, 0.717) is 19.2 Å². The second kappa shape index (κ2) is 7.67. The lowest BCUT2D eigenvalue weighted by atomic mass is 9.97. The zero-order valence-corrected chi connectivity index (χ0v) is 11.0. The molecule has 1 aliphatic heterocycles. The van der Waals surface area contributed by atoms with Gasteiger partial charge in [-0.2, -0.15) is 0 Å². The lowest BCUT2D eigenvalue weighted by Gasteiger charge is -2.39. The number of hydrogen-bond donors (Lipinski definition) is 1. The Morgan fingerprint density at radius 3 is 2.88 bits per heavy atom. The second-order valence-electron chi connectivity index (χ2n) is 4.86. The normalized spacial score (nSPS) is 25.8. The van der Waals surface area contributed by atoms with E-state index < -0.39 is 0 Å². The van der Waals surface area contributed by atoms with Crippen LogP contribution in [0.25, 0.3) is 0 Å². The first-order chi connectivity index (χ1) is 8.19. The van der Waals surface area contributed by atoms with Crippen molar-refractivity contribution in [2.45, 2.75) is 58.0 Å². The summed E-state index contributed by atoms with van der Waals surface area (Å²) in [5.41, 5.74) is 0. The highest BCUT2D eigenvalue weighted by Crippen LogP contribution is 2.22. The van der Waals surface area contributed by atoms with Crippen molar-refractivity contribution < 1.29 is 14.6 Å². The van der Waals surface area contributed by atoms with Crippen LogP contribution in [0, 0.1) is 0 Å². The van der Waals surface area contributed by atoms with Crippen molar-refractivity contribution in [1.29, 1.82) is 0 Å². The van der Waals surface area contributed by atoms with Gasteiger partial charge in [0.2, 0.25) is 0 Å². The molecule has 1 saturated heterocycles. The Kier molecular flexibility index (Phi) is 6.52. The SMILES string of the molecule is CCCCOC(=O)CN1C(C)CCCC1CO. The number of nitrogens with zero attached hydrogens (tertiary/aromatic N) is 1. The molecular weight excluding hydrogens is 218 g/mol. The molecule has 0 amide bonds. The van der Waals surface area contributed by atoms with E-state index in [0.717, 1.165) is 32.1 Å². The summed E-state index contributed by atoms with van der Waals surface area (Å²) in [7, 11) is 0. The fraction of sp³-hybridized carbons (Fsp3) is 0.923. The fourth-order valence-corrected chi connectivity index (χ4v) is 2.35. The van der Waals surface area contributed by atoms with Crippen LogP contribution in [0.1, 0.15) is 46.0 Å². The van der Waals surface area contributed by atoms with Crippen molar-refractivity contribution >= 4 is 5.97 Å². The van der Waals surface area contributed by atoms with E-state index >= 15 is 0 Å². The molecule has 1 aliphatic rings. The molecule has 0 bridgehead atoms. The zero-order valence-electron chi connectivity index (χ0n) is 11.0. The predicted molar refractivity (Wildman–Crippen MR) is 66.8 cm³/mol. The van der Waals surface area contributed by atoms with Crippen LogP contribution in [-0.4, -0.2) is 47.8 Å². The predicted octanol–water partition coefficient (Wildman–Crippen LogP) is 1.56. The summed E-state index contributed by atoms with van der Waals surface area (Å²) in [5.74, 6) is -0.161. The number of esters is 1. The highest BCUT2D eigenvalue weighted by atomic mass is 16.5. The molecule has 100 valence electrons. The van der Waals surface area contributed by atoms with Gasteiger partial charge in [0.25, 0.3) is 0 Å². The van der Waals surface area contributed by atoms with Crippen molar-refractivity contribution in [3.05, 3.63) is 0 Å². The van der Waals surface area contributed by atoms with Gasteiger partial charge >= 0.3 is 5.97 Å². The first-order valence-corrected chi connectivity index (χ1v) is 6.71. The molecule has 0 aromatic rings. The molecule has 0 radical (unpaired) electrons. The summed E-state index contributed by atoms with van der Waals surface area (Å²) in [6.07, 6.45) is 5.16. The number of aliphatic hydroxyl groups is 1. The van der Waals surface area contributed by atoms with Crippen LogP contribution in [0.4, 0.5) is 0 Å². The average molecular weight is 243 g/mol. The van der Waals surface area contributed by atoms with Crippen LogP contribution in [0.15, 0.2) is 0 Å². The maximum absolute atomic E-state index is 11.6. The Labute approximate surface area is 104 Å². The van der Waals surface area contributed by atoms with Crippen molar-refractivity contribution in [3.63, 3.8) is 0 Å². The number of carbonyl (C=O) groups is 1. The van der Waals surface area contributed by atoms with Gasteiger partial charge in [-0.15, -0.1) is 0 Å². The molecule has 4 heteroatoms. The fourth-order valence-electron chi connectivity index (χ4n) is 2.35. The van der Waals surface area contributed by atoms with E-state index in [1.54, 1.807) is 0 Å². The largest absolute Gasteiger partial charge is 0.465 e. The van der Waals surface area contributed by atoms with E-state index in [1.807, 2.05) is 0 Å². The molecule has 0 aromatic heterocycles. The lowest BCUT2D eigenvalue weighted by molar-refractivity contribution is -0.147. The molecule has 1 fully saturated rings. The number of piperidine rings is 1. The van der Waals surface area contributed by atoms with Crippen LogP contribution in [-0.2, 0) is 9.53 Å². The Morgan fingerprint density at radius 2 is 2.24 bits per heavy atom. The minimum Gasteiger partial charge on any atom is -0.465 e. The summed E-state index contributed by atoms with van der Waals surface area (Å²) in [6, 6.07) is 0.483. The topological polar surface area (TPSA) is 49.8 Å². The Balaban J connectivity index is 2.37. The zero-order chi connectivity index (χ0) is 12.7. The molecular formula is C13H25NO3. The van der Waals surface area contributed by atoms with Crippen LogP contribution in [0.5, 0.6) is 0 Å². The van der Waals surface area contributed by atoms with Gasteiger partial charge < -0.3 is 9.84 Å². The highest BCUT2D eigenvalue weighted by molar-refractivity contribution is 5.71. The Morgan fingerprint density at radius 1 is 1.47 bits per heavy atom. The minimum absolute atomic E-state index is 0.123. The van der Waals surface area contributed by atoms with Crippen LogP contribution in [0.3, 0.4) is 0 Å². The first kappa shape index (κ1) is 14.5.